The van der Waals surface area contributed by atoms with E-state index in [0.29, 0.717) is 17.5 Å². The predicted molar refractivity (Wildman–Crippen MR) is 123 cm³/mol. The highest BCUT2D eigenvalue weighted by Gasteiger charge is 2.27. The average Bonchev–Trinajstić information content (AvgIpc) is 3.56. The van der Waals surface area contributed by atoms with Gasteiger partial charge in [-0.3, -0.25) is 14.9 Å². The van der Waals surface area contributed by atoms with E-state index in [2.05, 4.69) is 33.0 Å². The molecule has 7 heteroatoms. The summed E-state index contributed by atoms with van der Waals surface area (Å²) in [6.07, 6.45) is 11.1. The third-order valence-corrected chi connectivity index (χ3v) is 6.93. The van der Waals surface area contributed by atoms with E-state index in [0.717, 1.165) is 56.5 Å². The van der Waals surface area contributed by atoms with Gasteiger partial charge in [0.1, 0.15) is 10.8 Å². The van der Waals surface area contributed by atoms with Gasteiger partial charge in [-0.2, -0.15) is 0 Å². The quantitative estimate of drug-likeness (QED) is 0.542. The van der Waals surface area contributed by atoms with Crippen LogP contribution in [-0.4, -0.2) is 34.5 Å². The molecular weight excluding hydrogens is 408 g/mol. The predicted octanol–water partition coefficient (Wildman–Crippen LogP) is 4.26. The number of rotatable bonds is 10. The van der Waals surface area contributed by atoms with Gasteiger partial charge in [-0.15, -0.1) is 10.2 Å². The summed E-state index contributed by atoms with van der Waals surface area (Å²) in [5.41, 5.74) is 1.25. The molecule has 6 nitrogen and oxygen atoms in total. The van der Waals surface area contributed by atoms with Crippen LogP contribution in [0.3, 0.4) is 0 Å². The maximum Gasteiger partial charge on any atom is 0.249 e. The molecule has 2 heterocycles. The van der Waals surface area contributed by atoms with Crippen molar-refractivity contribution < 1.29 is 9.59 Å². The van der Waals surface area contributed by atoms with Gasteiger partial charge in [-0.05, 0) is 62.6 Å². The molecule has 0 bridgehead atoms. The minimum atomic E-state index is -0.216. The van der Waals surface area contributed by atoms with E-state index in [4.69, 9.17) is 0 Å². The molecule has 1 aromatic carbocycles. The first-order valence-electron chi connectivity index (χ1n) is 11.3. The number of allylic oxidation sites excluding steroid dienone is 1. The highest BCUT2D eigenvalue weighted by molar-refractivity contribution is 7.15. The molecule has 1 aliphatic carbocycles. The van der Waals surface area contributed by atoms with Crippen LogP contribution in [0.15, 0.2) is 42.5 Å². The Hall–Kier alpha value is -2.38. The molecule has 1 saturated heterocycles. The Kier molecular flexibility index (Phi) is 7.59. The van der Waals surface area contributed by atoms with Crippen LogP contribution < -0.4 is 10.6 Å². The Balaban J connectivity index is 1.35. The summed E-state index contributed by atoms with van der Waals surface area (Å²) in [5.74, 6) is 0.589. The van der Waals surface area contributed by atoms with Gasteiger partial charge in [0.25, 0.3) is 0 Å². The van der Waals surface area contributed by atoms with Crippen LogP contribution in [0.1, 0.15) is 61.4 Å². The zero-order chi connectivity index (χ0) is 21.5. The molecule has 2 aliphatic rings. The van der Waals surface area contributed by atoms with E-state index < -0.39 is 0 Å². The third kappa shape index (κ3) is 6.80. The second-order valence-electron chi connectivity index (χ2n) is 8.53. The number of Topliss-reactive ketones (excluding diaryl/α,β-unsaturated/α-hetero) is 1. The average molecular weight is 439 g/mol. The van der Waals surface area contributed by atoms with Crippen molar-refractivity contribution in [2.45, 2.75) is 63.3 Å². The van der Waals surface area contributed by atoms with Crippen LogP contribution in [-0.2, 0) is 16.0 Å². The summed E-state index contributed by atoms with van der Waals surface area (Å²) in [6, 6.07) is 10.2. The second kappa shape index (κ2) is 10.8. The molecule has 0 spiro atoms. The summed E-state index contributed by atoms with van der Waals surface area (Å²) in [4.78, 5) is 25.2. The highest BCUT2D eigenvalue weighted by atomic mass is 32.1. The third-order valence-electron chi connectivity index (χ3n) is 5.93. The number of carbonyl (C=O) groups excluding carboxylic acids is 2. The molecule has 0 radical (unpaired) electrons. The maximum atomic E-state index is 12.8. The minimum absolute atomic E-state index is 0.0265. The van der Waals surface area contributed by atoms with Gasteiger partial charge in [0.15, 0.2) is 0 Å². The number of hydrogen-bond donors (Lipinski definition) is 2. The zero-order valence-corrected chi connectivity index (χ0v) is 18.6. The maximum absolute atomic E-state index is 12.8. The lowest BCUT2D eigenvalue weighted by Crippen LogP contribution is -2.41. The molecule has 1 aromatic heterocycles. The van der Waals surface area contributed by atoms with E-state index >= 15 is 0 Å². The van der Waals surface area contributed by atoms with E-state index in [9.17, 15) is 9.59 Å². The largest absolute Gasteiger partial charge is 0.307 e. The first-order chi connectivity index (χ1) is 15.2. The molecule has 31 heavy (non-hydrogen) atoms. The van der Waals surface area contributed by atoms with Crippen LogP contribution in [0, 0.1) is 5.92 Å². The van der Waals surface area contributed by atoms with Crippen molar-refractivity contribution in [3.8, 4) is 0 Å². The SMILES string of the molecule is O=C(/C=C/[C@H](CCc1ccccc1)CC(=O)[C@@H]1CCCCN1)Nc1nnc(C2CC2)s1. The lowest BCUT2D eigenvalue weighted by molar-refractivity contribution is -0.122. The first kappa shape index (κ1) is 21.8. The molecule has 2 atom stereocenters. The van der Waals surface area contributed by atoms with E-state index in [1.807, 2.05) is 24.3 Å². The van der Waals surface area contributed by atoms with Crippen LogP contribution in [0.2, 0.25) is 0 Å². The Morgan fingerprint density at radius 3 is 2.74 bits per heavy atom. The lowest BCUT2D eigenvalue weighted by Gasteiger charge is -2.23. The minimum Gasteiger partial charge on any atom is -0.307 e. The summed E-state index contributed by atoms with van der Waals surface area (Å²) >= 11 is 1.45. The Bertz CT molecular complexity index is 901. The van der Waals surface area contributed by atoms with E-state index in [1.54, 1.807) is 6.08 Å². The number of benzene rings is 1. The fourth-order valence-corrected chi connectivity index (χ4v) is 4.86. The Morgan fingerprint density at radius 2 is 2.00 bits per heavy atom. The molecule has 2 N–H and O–H groups in total. The zero-order valence-electron chi connectivity index (χ0n) is 17.8. The van der Waals surface area contributed by atoms with Crippen molar-refractivity contribution in [3.63, 3.8) is 0 Å². The summed E-state index contributed by atoms with van der Waals surface area (Å²) < 4.78 is 0. The molecule has 2 aromatic rings. The van der Waals surface area contributed by atoms with Gasteiger partial charge in [-0.25, -0.2) is 0 Å². The van der Waals surface area contributed by atoms with Crippen LogP contribution in [0.5, 0.6) is 0 Å². The number of nitrogens with zero attached hydrogens (tertiary/aromatic N) is 2. The van der Waals surface area contributed by atoms with Crippen molar-refractivity contribution in [3.05, 3.63) is 53.1 Å². The smallest absolute Gasteiger partial charge is 0.249 e. The van der Waals surface area contributed by atoms with Crippen molar-refractivity contribution >= 4 is 28.2 Å². The first-order valence-corrected chi connectivity index (χ1v) is 12.1. The number of anilines is 1. The fraction of sp³-hybridized carbons (Fsp3) is 0.500. The van der Waals surface area contributed by atoms with Crippen LogP contribution >= 0.6 is 11.3 Å². The van der Waals surface area contributed by atoms with Crippen LogP contribution in [0.4, 0.5) is 5.13 Å². The number of amides is 1. The monoisotopic (exact) mass is 438 g/mol. The Labute approximate surface area is 187 Å². The van der Waals surface area contributed by atoms with Gasteiger partial charge in [0.05, 0.1) is 6.04 Å². The number of nitrogens with one attached hydrogen (secondary N) is 2. The molecule has 1 aliphatic heterocycles. The van der Waals surface area contributed by atoms with Gasteiger partial charge >= 0.3 is 0 Å². The molecule has 2 fully saturated rings. The van der Waals surface area contributed by atoms with Crippen molar-refractivity contribution in [1.82, 2.24) is 15.5 Å². The van der Waals surface area contributed by atoms with Gasteiger partial charge in [-0.1, -0.05) is 54.2 Å². The normalized spacial score (nSPS) is 19.9. The van der Waals surface area contributed by atoms with Crippen molar-refractivity contribution in [2.75, 3.05) is 11.9 Å². The number of carbonyl (C=O) groups is 2. The molecular formula is C24H30N4O2S. The number of aromatic nitrogens is 2. The number of piperidine rings is 1. The van der Waals surface area contributed by atoms with Gasteiger partial charge in [0.2, 0.25) is 11.0 Å². The molecule has 1 saturated carbocycles. The summed E-state index contributed by atoms with van der Waals surface area (Å²) in [6.45, 7) is 0.911. The number of ketones is 1. The molecule has 4 rings (SSSR count). The molecule has 1 amide bonds. The molecule has 164 valence electrons. The van der Waals surface area contributed by atoms with Crippen molar-refractivity contribution in [1.29, 1.82) is 0 Å². The van der Waals surface area contributed by atoms with Gasteiger partial charge < -0.3 is 5.32 Å². The number of aryl methyl sites for hydroxylation is 1. The van der Waals surface area contributed by atoms with E-state index in [1.165, 1.54) is 16.9 Å². The Morgan fingerprint density at radius 1 is 1.16 bits per heavy atom. The van der Waals surface area contributed by atoms with Crippen molar-refractivity contribution in [2.24, 2.45) is 5.92 Å². The van der Waals surface area contributed by atoms with E-state index in [-0.39, 0.29) is 23.7 Å². The number of hydrogen-bond acceptors (Lipinski definition) is 6. The second-order valence-corrected chi connectivity index (χ2v) is 9.53. The summed E-state index contributed by atoms with van der Waals surface area (Å²) in [7, 11) is 0. The van der Waals surface area contributed by atoms with Crippen LogP contribution in [0.25, 0.3) is 0 Å². The highest BCUT2D eigenvalue weighted by Crippen LogP contribution is 2.42. The molecule has 0 unspecified atom stereocenters. The standard InChI is InChI=1S/C24H30N4O2S/c29-21(20-8-4-5-15-25-20)16-18(10-9-17-6-2-1-3-7-17)11-14-22(30)26-24-28-27-23(31-24)19-12-13-19/h1-3,6-7,11,14,18-20,25H,4-5,8-10,12-13,15-16H2,(H,26,28,30)/b14-11+/t18-,20-/m0/s1. The van der Waals surface area contributed by atoms with Gasteiger partial charge in [0, 0.05) is 12.3 Å². The topological polar surface area (TPSA) is 84.0 Å². The fourth-order valence-electron chi connectivity index (χ4n) is 3.94. The summed E-state index contributed by atoms with van der Waals surface area (Å²) in [5, 5.41) is 15.9. The lowest BCUT2D eigenvalue weighted by atomic mass is 9.90.